The van der Waals surface area contributed by atoms with Crippen molar-refractivity contribution in [2.45, 2.75) is 11.8 Å². The summed E-state index contributed by atoms with van der Waals surface area (Å²) in [7, 11) is -3.66. The summed E-state index contributed by atoms with van der Waals surface area (Å²) in [5, 5.41) is 8.48. The van der Waals surface area contributed by atoms with Gasteiger partial charge in [0.15, 0.2) is 0 Å². The van der Waals surface area contributed by atoms with Crippen molar-refractivity contribution in [3.05, 3.63) is 23.8 Å². The first kappa shape index (κ1) is 12.3. The number of anilines is 1. The largest absolute Gasteiger partial charge is 0.368 e. The van der Waals surface area contributed by atoms with Crippen LogP contribution in [0.15, 0.2) is 23.1 Å². The summed E-state index contributed by atoms with van der Waals surface area (Å²) in [6.07, 6.45) is 0. The van der Waals surface area contributed by atoms with Gasteiger partial charge < -0.3 is 10.2 Å². The molecule has 1 fully saturated rings. The molecule has 5 nitrogen and oxygen atoms in total. The van der Waals surface area contributed by atoms with E-state index in [2.05, 4.69) is 10.2 Å². The normalized spacial score (nSPS) is 17.2. The first-order chi connectivity index (χ1) is 7.98. The predicted molar refractivity (Wildman–Crippen MR) is 67.6 cm³/mol. The molecule has 1 heterocycles. The molecule has 2 rings (SSSR count). The van der Waals surface area contributed by atoms with Crippen LogP contribution in [0.25, 0.3) is 0 Å². The van der Waals surface area contributed by atoms with Crippen LogP contribution in [-0.4, -0.2) is 34.6 Å². The van der Waals surface area contributed by atoms with Crippen molar-refractivity contribution >= 4 is 15.7 Å². The van der Waals surface area contributed by atoms with Crippen molar-refractivity contribution < 1.29 is 8.42 Å². The van der Waals surface area contributed by atoms with Gasteiger partial charge in [-0.15, -0.1) is 0 Å². The maximum Gasteiger partial charge on any atom is 0.240 e. The van der Waals surface area contributed by atoms with Crippen LogP contribution < -0.4 is 15.4 Å². The Kier molecular flexibility index (Phi) is 3.37. The number of nitrogens with two attached hydrogens (primary N) is 1. The second-order valence-corrected chi connectivity index (χ2v) is 5.78. The fraction of sp³-hybridized carbons (Fsp3) is 0.455. The summed E-state index contributed by atoms with van der Waals surface area (Å²) in [5.74, 6) is 0. The van der Waals surface area contributed by atoms with E-state index in [1.165, 1.54) is 0 Å². The molecule has 1 aromatic carbocycles. The number of piperazine rings is 1. The third-order valence-electron chi connectivity index (χ3n) is 2.88. The van der Waals surface area contributed by atoms with E-state index in [1.807, 2.05) is 13.0 Å². The molecule has 1 aliphatic rings. The fourth-order valence-electron chi connectivity index (χ4n) is 2.02. The highest BCUT2D eigenvalue weighted by atomic mass is 32.2. The number of hydrogen-bond donors (Lipinski definition) is 2. The van der Waals surface area contributed by atoms with E-state index in [4.69, 9.17) is 5.14 Å². The van der Waals surface area contributed by atoms with E-state index in [0.29, 0.717) is 5.69 Å². The zero-order chi connectivity index (χ0) is 12.5. The Balaban J connectivity index is 2.46. The minimum Gasteiger partial charge on any atom is -0.368 e. The minimum absolute atomic E-state index is 0.213. The number of benzene rings is 1. The van der Waals surface area contributed by atoms with Crippen molar-refractivity contribution in [1.29, 1.82) is 0 Å². The van der Waals surface area contributed by atoms with Crippen LogP contribution in [0.1, 0.15) is 5.56 Å². The highest BCUT2D eigenvalue weighted by Crippen LogP contribution is 2.25. The van der Waals surface area contributed by atoms with E-state index in [9.17, 15) is 8.42 Å². The lowest BCUT2D eigenvalue weighted by Crippen LogP contribution is -2.44. The Morgan fingerprint density at radius 1 is 1.29 bits per heavy atom. The second kappa shape index (κ2) is 4.64. The van der Waals surface area contributed by atoms with Gasteiger partial charge in [-0.3, -0.25) is 0 Å². The zero-order valence-electron chi connectivity index (χ0n) is 9.81. The molecule has 0 unspecified atom stereocenters. The van der Waals surface area contributed by atoms with E-state index in [0.717, 1.165) is 31.7 Å². The highest BCUT2D eigenvalue weighted by Gasteiger charge is 2.20. The summed E-state index contributed by atoms with van der Waals surface area (Å²) < 4.78 is 23.1. The summed E-state index contributed by atoms with van der Waals surface area (Å²) in [4.78, 5) is 2.27. The molecule has 3 N–H and O–H groups in total. The molecule has 0 amide bonds. The van der Waals surface area contributed by atoms with Crippen LogP contribution in [0.2, 0.25) is 0 Å². The Hall–Kier alpha value is -1.11. The van der Waals surface area contributed by atoms with Crippen LogP contribution in [0.4, 0.5) is 5.69 Å². The van der Waals surface area contributed by atoms with Gasteiger partial charge in [-0.25, -0.2) is 13.6 Å². The lowest BCUT2D eigenvalue weighted by Gasteiger charge is -2.30. The molecule has 1 saturated heterocycles. The quantitative estimate of drug-likeness (QED) is 0.783. The molecule has 0 aliphatic carbocycles. The number of sulfonamides is 1. The fourth-order valence-corrected chi connectivity index (χ4v) is 2.76. The van der Waals surface area contributed by atoms with Gasteiger partial charge in [0.2, 0.25) is 10.0 Å². The van der Waals surface area contributed by atoms with Crippen LogP contribution in [0, 0.1) is 6.92 Å². The molecule has 0 radical (unpaired) electrons. The molecule has 0 spiro atoms. The van der Waals surface area contributed by atoms with Gasteiger partial charge in [-0.05, 0) is 24.6 Å². The zero-order valence-corrected chi connectivity index (χ0v) is 10.6. The first-order valence-electron chi connectivity index (χ1n) is 5.57. The lowest BCUT2D eigenvalue weighted by atomic mass is 10.2. The lowest BCUT2D eigenvalue weighted by molar-refractivity contribution is 0.580. The summed E-state index contributed by atoms with van der Waals surface area (Å²) in [6, 6.07) is 5.23. The number of primary sulfonamides is 1. The maximum atomic E-state index is 11.5. The summed E-state index contributed by atoms with van der Waals surface area (Å²) in [5.41, 5.74) is 1.75. The number of nitrogens with zero attached hydrogens (tertiary/aromatic N) is 1. The van der Waals surface area contributed by atoms with Crippen molar-refractivity contribution in [3.63, 3.8) is 0 Å². The van der Waals surface area contributed by atoms with Crippen LogP contribution in [0.5, 0.6) is 0 Å². The molecule has 0 bridgehead atoms. The van der Waals surface area contributed by atoms with Crippen molar-refractivity contribution in [2.24, 2.45) is 5.14 Å². The first-order valence-corrected chi connectivity index (χ1v) is 7.12. The summed E-state index contributed by atoms with van der Waals surface area (Å²) in [6.45, 7) is 5.26. The monoisotopic (exact) mass is 255 g/mol. The molecule has 1 aromatic rings. The third kappa shape index (κ3) is 2.77. The molecule has 0 aromatic heterocycles. The Bertz CT molecular complexity index is 507. The van der Waals surface area contributed by atoms with E-state index >= 15 is 0 Å². The SMILES string of the molecule is Cc1ccc(S(N)(=O)=O)c(N2CCNCC2)c1. The molecule has 0 saturated carbocycles. The Morgan fingerprint density at radius 2 is 1.94 bits per heavy atom. The van der Waals surface area contributed by atoms with E-state index in [-0.39, 0.29) is 4.90 Å². The number of aryl methyl sites for hydroxylation is 1. The summed E-state index contributed by atoms with van der Waals surface area (Å²) >= 11 is 0. The average Bonchev–Trinajstić information content (AvgIpc) is 2.28. The van der Waals surface area contributed by atoms with Gasteiger partial charge in [0, 0.05) is 26.2 Å². The van der Waals surface area contributed by atoms with Gasteiger partial charge in [0.25, 0.3) is 0 Å². The number of hydrogen-bond acceptors (Lipinski definition) is 4. The topological polar surface area (TPSA) is 75.4 Å². The van der Waals surface area contributed by atoms with Gasteiger partial charge in [-0.2, -0.15) is 0 Å². The third-order valence-corrected chi connectivity index (χ3v) is 3.84. The van der Waals surface area contributed by atoms with Crippen LogP contribution in [0.3, 0.4) is 0 Å². The molecule has 6 heteroatoms. The van der Waals surface area contributed by atoms with Crippen LogP contribution in [-0.2, 0) is 10.0 Å². The smallest absolute Gasteiger partial charge is 0.240 e. The Labute approximate surface area is 102 Å². The van der Waals surface area contributed by atoms with Gasteiger partial charge in [-0.1, -0.05) is 6.07 Å². The van der Waals surface area contributed by atoms with Gasteiger partial charge in [0.05, 0.1) is 5.69 Å². The van der Waals surface area contributed by atoms with Crippen molar-refractivity contribution in [3.8, 4) is 0 Å². The minimum atomic E-state index is -3.66. The maximum absolute atomic E-state index is 11.5. The predicted octanol–water partition coefficient (Wildman–Crippen LogP) is 0.0520. The molecular weight excluding hydrogens is 238 g/mol. The van der Waals surface area contributed by atoms with Gasteiger partial charge in [0.1, 0.15) is 4.90 Å². The average molecular weight is 255 g/mol. The highest BCUT2D eigenvalue weighted by molar-refractivity contribution is 7.89. The van der Waals surface area contributed by atoms with E-state index < -0.39 is 10.0 Å². The molecule has 0 atom stereocenters. The standard InChI is InChI=1S/C11H17N3O2S/c1-9-2-3-11(17(12,15)16)10(8-9)14-6-4-13-5-7-14/h2-3,8,13H,4-7H2,1H3,(H2,12,15,16). The molecular formula is C11H17N3O2S. The van der Waals surface area contributed by atoms with Crippen molar-refractivity contribution in [2.75, 3.05) is 31.1 Å². The molecule has 17 heavy (non-hydrogen) atoms. The second-order valence-electron chi connectivity index (χ2n) is 4.25. The molecule has 1 aliphatic heterocycles. The number of rotatable bonds is 2. The van der Waals surface area contributed by atoms with Crippen LogP contribution >= 0.6 is 0 Å². The molecule has 94 valence electrons. The number of nitrogens with one attached hydrogen (secondary N) is 1. The van der Waals surface area contributed by atoms with Gasteiger partial charge >= 0.3 is 0 Å². The van der Waals surface area contributed by atoms with Crippen molar-refractivity contribution in [1.82, 2.24) is 5.32 Å². The Morgan fingerprint density at radius 3 is 2.53 bits per heavy atom. The van der Waals surface area contributed by atoms with E-state index in [1.54, 1.807) is 12.1 Å².